The topological polar surface area (TPSA) is 43.3 Å². The minimum absolute atomic E-state index is 0.118. The third-order valence-electron chi connectivity index (χ3n) is 3.03. The third-order valence-corrected chi connectivity index (χ3v) is 3.03. The van der Waals surface area contributed by atoms with Crippen molar-refractivity contribution in [3.05, 3.63) is 30.0 Å². The number of nitrogens with zero attached hydrogens (tertiary/aromatic N) is 1. The van der Waals surface area contributed by atoms with Crippen LogP contribution in [0.1, 0.15) is 17.3 Å². The number of ether oxygens (including phenoxy) is 1. The minimum atomic E-state index is 0.118. The summed E-state index contributed by atoms with van der Waals surface area (Å²) in [6, 6.07) is 5.76. The fourth-order valence-electron chi connectivity index (χ4n) is 2.05. The number of benzene rings is 1. The van der Waals surface area contributed by atoms with E-state index in [0.717, 1.165) is 28.8 Å². The van der Waals surface area contributed by atoms with Crippen LogP contribution in [0.25, 0.3) is 10.9 Å². The summed E-state index contributed by atoms with van der Waals surface area (Å²) in [5, 5.41) is 4.03. The van der Waals surface area contributed by atoms with Gasteiger partial charge in [-0.3, -0.25) is 4.79 Å². The molecule has 2 aromatic rings. The van der Waals surface area contributed by atoms with Gasteiger partial charge in [0.2, 0.25) is 0 Å². The normalized spacial score (nSPS) is 10.8. The van der Waals surface area contributed by atoms with Crippen molar-refractivity contribution in [3.8, 4) is 5.75 Å². The average molecular weight is 246 g/mol. The van der Waals surface area contributed by atoms with Crippen molar-refractivity contribution in [3.63, 3.8) is 0 Å². The van der Waals surface area contributed by atoms with Crippen molar-refractivity contribution in [1.29, 1.82) is 0 Å². The van der Waals surface area contributed by atoms with Gasteiger partial charge in [0, 0.05) is 30.3 Å². The van der Waals surface area contributed by atoms with Crippen molar-refractivity contribution in [2.45, 2.75) is 6.92 Å². The van der Waals surface area contributed by atoms with Crippen LogP contribution in [0.15, 0.2) is 24.4 Å². The van der Waals surface area contributed by atoms with E-state index in [1.165, 1.54) is 0 Å². The highest BCUT2D eigenvalue weighted by Gasteiger charge is 2.13. The number of nitrogens with one attached hydrogen (secondary N) is 1. The molecule has 0 bridgehead atoms. The molecule has 0 saturated heterocycles. The summed E-state index contributed by atoms with van der Waals surface area (Å²) >= 11 is 0. The zero-order chi connectivity index (χ0) is 13.1. The van der Waals surface area contributed by atoms with Gasteiger partial charge in [-0.1, -0.05) is 6.92 Å². The monoisotopic (exact) mass is 246 g/mol. The molecule has 2 rings (SSSR count). The van der Waals surface area contributed by atoms with Gasteiger partial charge < -0.3 is 14.6 Å². The van der Waals surface area contributed by atoms with Crippen LogP contribution in [0.4, 0.5) is 0 Å². The Balaban J connectivity index is 2.43. The Hall–Kier alpha value is -1.81. The lowest BCUT2D eigenvalue weighted by Crippen LogP contribution is -2.22. The van der Waals surface area contributed by atoms with E-state index in [-0.39, 0.29) is 5.78 Å². The van der Waals surface area contributed by atoms with Crippen LogP contribution in [0.2, 0.25) is 0 Å². The molecule has 0 spiro atoms. The summed E-state index contributed by atoms with van der Waals surface area (Å²) in [5.74, 6) is 0.919. The maximum absolute atomic E-state index is 12.1. The van der Waals surface area contributed by atoms with Crippen LogP contribution in [0, 0.1) is 0 Å². The number of fused-ring (bicyclic) bond motifs is 1. The number of aromatic nitrogens is 1. The Morgan fingerprint density at radius 3 is 2.89 bits per heavy atom. The molecule has 0 saturated carbocycles. The number of aryl methyl sites for hydroxylation is 1. The summed E-state index contributed by atoms with van der Waals surface area (Å²) in [6.45, 7) is 3.16. The van der Waals surface area contributed by atoms with Gasteiger partial charge in [0.15, 0.2) is 5.78 Å². The first-order valence-corrected chi connectivity index (χ1v) is 6.04. The second-order valence-electron chi connectivity index (χ2n) is 4.24. The molecule has 1 aromatic carbocycles. The smallest absolute Gasteiger partial charge is 0.178 e. The summed E-state index contributed by atoms with van der Waals surface area (Å²) in [4.78, 5) is 12.1. The lowest BCUT2D eigenvalue weighted by molar-refractivity contribution is 0.0993. The van der Waals surface area contributed by atoms with Crippen LogP contribution >= 0.6 is 0 Å². The van der Waals surface area contributed by atoms with Crippen LogP contribution in [0.5, 0.6) is 5.75 Å². The number of Topliss-reactive ketones (excluding diaryl/α,β-unsaturated/α-hetero) is 1. The fraction of sp³-hybridized carbons (Fsp3) is 0.357. The van der Waals surface area contributed by atoms with E-state index >= 15 is 0 Å². The lowest BCUT2D eigenvalue weighted by Gasteiger charge is -2.02. The molecule has 4 heteroatoms. The molecule has 0 unspecified atom stereocenters. The molecule has 0 aliphatic rings. The molecule has 0 atom stereocenters. The van der Waals surface area contributed by atoms with Gasteiger partial charge in [-0.05, 0) is 18.7 Å². The van der Waals surface area contributed by atoms with Crippen molar-refractivity contribution in [2.75, 3.05) is 20.2 Å². The fourth-order valence-corrected chi connectivity index (χ4v) is 2.05. The standard InChI is InChI=1S/C14H18N2O2/c1-4-15-8-14(17)12-9-16(2)13-7-10(18-3)5-6-11(12)13/h5-7,9,15H,4,8H2,1-3H3. The highest BCUT2D eigenvalue weighted by molar-refractivity contribution is 6.09. The van der Waals surface area contributed by atoms with E-state index < -0.39 is 0 Å². The summed E-state index contributed by atoms with van der Waals surface area (Å²) in [5.41, 5.74) is 1.77. The highest BCUT2D eigenvalue weighted by atomic mass is 16.5. The van der Waals surface area contributed by atoms with E-state index in [4.69, 9.17) is 4.74 Å². The Morgan fingerprint density at radius 1 is 1.44 bits per heavy atom. The number of carbonyl (C=O) groups excluding carboxylic acids is 1. The van der Waals surface area contributed by atoms with Gasteiger partial charge in [0.05, 0.1) is 19.2 Å². The molecular weight excluding hydrogens is 228 g/mol. The predicted octanol–water partition coefficient (Wildman–Crippen LogP) is 1.98. The number of likely N-dealkylation sites (N-methyl/N-ethyl adjacent to an activating group) is 1. The Labute approximate surface area is 107 Å². The maximum Gasteiger partial charge on any atom is 0.178 e. The van der Waals surface area contributed by atoms with Gasteiger partial charge in [-0.2, -0.15) is 0 Å². The lowest BCUT2D eigenvalue weighted by atomic mass is 10.1. The second kappa shape index (κ2) is 5.23. The number of ketones is 1. The largest absolute Gasteiger partial charge is 0.497 e. The van der Waals surface area contributed by atoms with Crippen LogP contribution in [-0.4, -0.2) is 30.5 Å². The van der Waals surface area contributed by atoms with E-state index in [1.807, 2.05) is 42.9 Å². The first-order chi connectivity index (χ1) is 8.67. The molecule has 1 N–H and O–H groups in total. The van der Waals surface area contributed by atoms with Crippen molar-refractivity contribution >= 4 is 16.7 Å². The number of carbonyl (C=O) groups is 1. The number of hydrogen-bond acceptors (Lipinski definition) is 3. The van der Waals surface area contributed by atoms with Crippen LogP contribution < -0.4 is 10.1 Å². The van der Waals surface area contributed by atoms with Crippen LogP contribution in [0.3, 0.4) is 0 Å². The summed E-state index contributed by atoms with van der Waals surface area (Å²) in [7, 11) is 3.58. The first-order valence-electron chi connectivity index (χ1n) is 6.04. The van der Waals surface area contributed by atoms with Gasteiger partial charge in [0.25, 0.3) is 0 Å². The zero-order valence-electron chi connectivity index (χ0n) is 11.0. The van der Waals surface area contributed by atoms with E-state index in [1.54, 1.807) is 7.11 Å². The van der Waals surface area contributed by atoms with E-state index in [2.05, 4.69) is 5.32 Å². The maximum atomic E-state index is 12.1. The SMILES string of the molecule is CCNCC(=O)c1cn(C)c2cc(OC)ccc12. The minimum Gasteiger partial charge on any atom is -0.497 e. The first kappa shape index (κ1) is 12.6. The number of methoxy groups -OCH3 is 1. The van der Waals surface area contributed by atoms with Gasteiger partial charge >= 0.3 is 0 Å². The second-order valence-corrected chi connectivity index (χ2v) is 4.24. The molecule has 0 fully saturated rings. The highest BCUT2D eigenvalue weighted by Crippen LogP contribution is 2.25. The molecule has 0 amide bonds. The molecule has 1 aromatic heterocycles. The Morgan fingerprint density at radius 2 is 2.22 bits per heavy atom. The van der Waals surface area contributed by atoms with Crippen molar-refractivity contribution in [1.82, 2.24) is 9.88 Å². The molecule has 1 heterocycles. The van der Waals surface area contributed by atoms with Gasteiger partial charge in [-0.25, -0.2) is 0 Å². The quantitative estimate of drug-likeness (QED) is 0.820. The Kier molecular flexibility index (Phi) is 3.67. The van der Waals surface area contributed by atoms with E-state index in [0.29, 0.717) is 6.54 Å². The number of rotatable bonds is 5. The van der Waals surface area contributed by atoms with Crippen LogP contribution in [-0.2, 0) is 7.05 Å². The third kappa shape index (κ3) is 2.24. The van der Waals surface area contributed by atoms with E-state index in [9.17, 15) is 4.79 Å². The molecule has 0 radical (unpaired) electrons. The molecular formula is C14H18N2O2. The van der Waals surface area contributed by atoms with Crippen molar-refractivity contribution in [2.24, 2.45) is 7.05 Å². The molecule has 18 heavy (non-hydrogen) atoms. The molecule has 0 aliphatic heterocycles. The van der Waals surface area contributed by atoms with Gasteiger partial charge in [-0.15, -0.1) is 0 Å². The summed E-state index contributed by atoms with van der Waals surface area (Å²) < 4.78 is 7.16. The Bertz CT molecular complexity index is 572. The predicted molar refractivity (Wildman–Crippen MR) is 72.3 cm³/mol. The van der Waals surface area contributed by atoms with Crippen molar-refractivity contribution < 1.29 is 9.53 Å². The molecule has 0 aliphatic carbocycles. The molecule has 96 valence electrons. The van der Waals surface area contributed by atoms with Gasteiger partial charge in [0.1, 0.15) is 5.75 Å². The molecule has 4 nitrogen and oxygen atoms in total. The average Bonchev–Trinajstić information content (AvgIpc) is 2.73. The number of hydrogen-bond donors (Lipinski definition) is 1. The summed E-state index contributed by atoms with van der Waals surface area (Å²) in [6.07, 6.45) is 1.88. The zero-order valence-corrected chi connectivity index (χ0v) is 11.0.